The van der Waals surface area contributed by atoms with E-state index in [2.05, 4.69) is 94.1 Å². The number of hydrogen-bond donors (Lipinski definition) is 3. The third kappa shape index (κ3) is 36.2. The normalized spacial score (nSPS) is 8.60. The molecule has 20 heteroatoms. The van der Waals surface area contributed by atoms with Crippen LogP contribution < -0.4 is 5.73 Å². The van der Waals surface area contributed by atoms with Crippen LogP contribution in [0.2, 0.25) is 0 Å². The van der Waals surface area contributed by atoms with E-state index in [0.29, 0.717) is 20.9 Å². The molecular weight excluding hydrogens is 1360 g/mol. The standard InChI is InChI=1S/C7H8N2O2.C7H10N2.C7H6NO2.C7H8NO.2C7H8N.2HI.V.4Y/c1-5-3-7(9(10)11)6(2)8-4-5;1-5-3-7(8)6(2)9-4-5;1-5-2-3-6(4-8-5)7(9)10;1-6-2-3-7(5-9)4-8-6;2*1-6-3-4-7(2)8-5-6;;;;;;;/h3-4H,1-2H3;3-4H,8H2,1-2H3;3-4H,1H3,(H,9,10);3-4,9H,5H2,1H3;2*3,5H,1-2H3;2*1H;;;;;/q;;4*-1;;;+2;;;;/p-2. The number of nitrogen functional groups attached to an aromatic ring is 1. The SMILES string of the molecule is Cc1[c-]cc(C(=O)O)cn1.Cc1[c-]cc(CO)cn1.Cc1c[c-]c(C)nc1.Cc1c[c-]c(C)nc1.Cc1cnc(C)c(N)c1.Cc1cnc(C)c([N+](=O)[O-])c1.[I][V][I].[Y].[Y].[Y].[Y]. The van der Waals surface area contributed by atoms with E-state index in [9.17, 15) is 14.9 Å². The van der Waals surface area contributed by atoms with Crippen molar-refractivity contribution in [1.29, 1.82) is 0 Å². The monoisotopic (exact) mass is 1400 g/mol. The summed E-state index contributed by atoms with van der Waals surface area (Å²) in [5, 5.41) is 27.3. The van der Waals surface area contributed by atoms with Crippen LogP contribution in [0.3, 0.4) is 0 Å². The van der Waals surface area contributed by atoms with Gasteiger partial charge in [0, 0.05) is 156 Å². The van der Waals surface area contributed by atoms with Crippen LogP contribution in [0.1, 0.15) is 72.3 Å². The molecule has 6 aromatic heterocycles. The van der Waals surface area contributed by atoms with Crippen molar-refractivity contribution in [2.45, 2.75) is 75.8 Å². The number of aryl methyl sites for hydroxylation is 10. The van der Waals surface area contributed by atoms with Crippen molar-refractivity contribution >= 4 is 57.3 Å². The summed E-state index contributed by atoms with van der Waals surface area (Å²) < 4.78 is 0. The fraction of sp³-hybridized carbons (Fsp3) is 0.262. The van der Waals surface area contributed by atoms with Crippen LogP contribution in [-0.2, 0) is 147 Å². The summed E-state index contributed by atoms with van der Waals surface area (Å²) in [5.74, 6) is -0.969. The molecular formula is C42H48I2N8O5VY4-4. The van der Waals surface area contributed by atoms with Gasteiger partial charge in [0.2, 0.25) is 0 Å². The van der Waals surface area contributed by atoms with Gasteiger partial charge in [0.25, 0.3) is 11.7 Å². The molecule has 6 rings (SSSR count). The summed E-state index contributed by atoms with van der Waals surface area (Å²) in [5.41, 5.74) is 16.5. The second-order valence-corrected chi connectivity index (χ2v) is 23.9. The molecule has 0 aliphatic heterocycles. The smallest absolute Gasteiger partial charge is 0 e. The van der Waals surface area contributed by atoms with E-state index in [1.807, 2.05) is 85.3 Å². The molecule has 0 aliphatic carbocycles. The van der Waals surface area contributed by atoms with Gasteiger partial charge in [-0.2, -0.15) is 16.7 Å². The molecule has 0 aromatic carbocycles. The van der Waals surface area contributed by atoms with Gasteiger partial charge < -0.3 is 35.9 Å². The van der Waals surface area contributed by atoms with Gasteiger partial charge in [0.1, 0.15) is 5.69 Å². The Labute approximate surface area is 496 Å². The van der Waals surface area contributed by atoms with Gasteiger partial charge in [0.15, 0.2) is 0 Å². The Bertz CT molecular complexity index is 2010. The molecule has 0 unspecified atom stereocenters. The molecule has 321 valence electrons. The summed E-state index contributed by atoms with van der Waals surface area (Å²) in [4.78, 5) is 43.8. The summed E-state index contributed by atoms with van der Waals surface area (Å²) in [7, 11) is 0.628. The van der Waals surface area contributed by atoms with E-state index in [-0.39, 0.29) is 149 Å². The van der Waals surface area contributed by atoms with Gasteiger partial charge in [-0.1, -0.05) is 46.9 Å². The van der Waals surface area contributed by atoms with E-state index in [4.69, 9.17) is 15.9 Å². The summed E-state index contributed by atoms with van der Waals surface area (Å²) >= 11 is 4.74. The fourth-order valence-electron chi connectivity index (χ4n) is 3.53. The minimum Gasteiger partial charge on any atom is 0 e. The van der Waals surface area contributed by atoms with E-state index in [0.717, 1.165) is 56.3 Å². The first-order chi connectivity index (χ1) is 27.3. The number of carboxylic acid groups (broad SMARTS) is 1. The van der Waals surface area contributed by atoms with Crippen LogP contribution in [0.4, 0.5) is 11.4 Å². The molecule has 0 amide bonds. The third-order valence-electron chi connectivity index (χ3n) is 6.75. The molecule has 0 atom stereocenters. The number of nitro groups is 1. The summed E-state index contributed by atoms with van der Waals surface area (Å²) in [6.45, 7) is 18.8. The number of nitrogens with zero attached hydrogens (tertiary/aromatic N) is 7. The molecule has 0 spiro atoms. The molecule has 13 nitrogen and oxygen atoms in total. The van der Waals surface area contributed by atoms with Gasteiger partial charge in [-0.25, -0.2) is 48.5 Å². The second-order valence-electron chi connectivity index (χ2n) is 12.1. The quantitative estimate of drug-likeness (QED) is 0.0657. The van der Waals surface area contributed by atoms with Crippen molar-refractivity contribution in [3.8, 4) is 0 Å². The maximum Gasteiger partial charge on any atom is 0 e. The number of nitrogens with two attached hydrogens (primary N) is 1. The molecule has 62 heavy (non-hydrogen) atoms. The maximum absolute atomic E-state index is 10.3. The van der Waals surface area contributed by atoms with Crippen molar-refractivity contribution in [2.24, 2.45) is 0 Å². The number of carboxylic acids is 1. The van der Waals surface area contributed by atoms with Gasteiger partial charge in [-0.05, 0) is 78.8 Å². The molecule has 0 saturated carbocycles. The molecule has 4 N–H and O–H groups in total. The van der Waals surface area contributed by atoms with Gasteiger partial charge in [0.05, 0.1) is 16.3 Å². The van der Waals surface area contributed by atoms with Crippen molar-refractivity contribution in [3.63, 3.8) is 0 Å². The number of hydrogen-bond acceptors (Lipinski definition) is 11. The third-order valence-corrected chi connectivity index (χ3v) is 6.75. The zero-order chi connectivity index (χ0) is 44.2. The van der Waals surface area contributed by atoms with Crippen molar-refractivity contribution in [1.82, 2.24) is 29.9 Å². The number of pyridine rings is 6. The minimum atomic E-state index is -0.969. The van der Waals surface area contributed by atoms with Crippen molar-refractivity contribution < 1.29 is 160 Å². The topological polar surface area (TPSA) is 204 Å². The number of carbonyl (C=O) groups is 1. The Morgan fingerprint density at radius 3 is 1.27 bits per heavy atom. The van der Waals surface area contributed by atoms with E-state index in [1.165, 1.54) is 18.3 Å². The zero-order valence-electron chi connectivity index (χ0n) is 36.5. The summed E-state index contributed by atoms with van der Waals surface area (Å²) in [6.07, 6.45) is 10.1. The van der Waals surface area contributed by atoms with Crippen LogP contribution in [0.5, 0.6) is 0 Å². The van der Waals surface area contributed by atoms with E-state index < -0.39 is 10.9 Å². The van der Waals surface area contributed by atoms with Crippen LogP contribution in [-0.4, -0.2) is 51.0 Å². The molecule has 0 fully saturated rings. The Morgan fingerprint density at radius 1 is 0.629 bits per heavy atom. The van der Waals surface area contributed by atoms with Crippen LogP contribution in [0.15, 0.2) is 73.6 Å². The molecule has 6 aromatic rings. The molecule has 0 aliphatic rings. The first-order valence-corrected chi connectivity index (χ1v) is 26.2. The largest absolute Gasteiger partial charge is 0 e. The zero-order valence-corrected chi connectivity index (χ0v) is 53.5. The van der Waals surface area contributed by atoms with E-state index >= 15 is 0 Å². The molecule has 4 radical (unpaired) electrons. The molecule has 0 saturated heterocycles. The van der Waals surface area contributed by atoms with Crippen LogP contribution in [0.25, 0.3) is 0 Å². The number of aromatic carboxylic acids is 1. The predicted molar refractivity (Wildman–Crippen MR) is 240 cm³/mol. The number of aromatic nitrogens is 6. The number of aliphatic hydroxyl groups excluding tert-OH is 1. The Hall–Kier alpha value is -0.01000. The Balaban J connectivity index is -0.000000205. The van der Waals surface area contributed by atoms with Crippen LogP contribution >= 0.6 is 40.0 Å². The van der Waals surface area contributed by atoms with Gasteiger partial charge in [-0.15, -0.1) is 13.8 Å². The average Bonchev–Trinajstić information content (AvgIpc) is 3.18. The Kier molecular flexibility index (Phi) is 48.5. The first-order valence-electron chi connectivity index (χ1n) is 17.1. The minimum absolute atomic E-state index is 0. The average molecular weight is 1410 g/mol. The number of rotatable bonds is 3. The first kappa shape index (κ1) is 71.0. The number of anilines is 1. The van der Waals surface area contributed by atoms with Gasteiger partial charge in [-0.3, -0.25) is 24.9 Å². The predicted octanol–water partition coefficient (Wildman–Crippen LogP) is 9.21. The molecule has 0 bridgehead atoms. The van der Waals surface area contributed by atoms with Crippen LogP contribution in [0, 0.1) is 104 Å². The van der Waals surface area contributed by atoms with Crippen molar-refractivity contribution in [3.05, 3.63) is 176 Å². The maximum atomic E-state index is 10.3. The Morgan fingerprint density at radius 2 is 1.00 bits per heavy atom. The van der Waals surface area contributed by atoms with Crippen molar-refractivity contribution in [2.75, 3.05) is 5.73 Å². The number of aliphatic hydroxyl groups is 1. The fourth-order valence-corrected chi connectivity index (χ4v) is 3.53. The second kappa shape index (κ2) is 42.4. The summed E-state index contributed by atoms with van der Waals surface area (Å²) in [6, 6.07) is 22.0. The molecule has 6 heterocycles. The number of halogens is 2. The van der Waals surface area contributed by atoms with E-state index in [1.54, 1.807) is 39.2 Å². The van der Waals surface area contributed by atoms with Gasteiger partial charge >= 0.3 is 49.4 Å².